The second-order valence-electron chi connectivity index (χ2n) is 4.38. The maximum absolute atomic E-state index is 12.9. The van der Waals surface area contributed by atoms with E-state index in [2.05, 4.69) is 4.98 Å². The Labute approximate surface area is 120 Å². The smallest absolute Gasteiger partial charge is 0.258 e. The molecule has 1 unspecified atom stereocenters. The molecule has 0 aliphatic rings. The quantitative estimate of drug-likeness (QED) is 0.479. The third kappa shape index (κ3) is 3.33. The molecule has 6 heteroatoms. The number of aromatic nitrogens is 1. The second-order valence-corrected chi connectivity index (χ2v) is 5.74. The van der Waals surface area contributed by atoms with E-state index in [9.17, 15) is 14.5 Å². The van der Waals surface area contributed by atoms with Crippen molar-refractivity contribution < 1.29 is 9.31 Å². The summed E-state index contributed by atoms with van der Waals surface area (Å²) < 4.78 is 12.9. The van der Waals surface area contributed by atoms with Crippen LogP contribution in [0.1, 0.15) is 23.3 Å². The van der Waals surface area contributed by atoms with Crippen LogP contribution in [-0.2, 0) is 0 Å². The number of thioether (sulfide) groups is 1. The Morgan fingerprint density at radius 1 is 1.35 bits per heavy atom. The molecule has 4 nitrogen and oxygen atoms in total. The molecule has 0 amide bonds. The molecule has 0 saturated heterocycles. The van der Waals surface area contributed by atoms with Crippen LogP contribution in [0.4, 0.5) is 10.1 Å². The molecule has 1 atom stereocenters. The summed E-state index contributed by atoms with van der Waals surface area (Å²) in [5.74, 6) is -0.268. The van der Waals surface area contributed by atoms with Gasteiger partial charge in [0.25, 0.3) is 5.69 Å². The molecule has 0 radical (unpaired) electrons. The Bertz CT molecular complexity index is 632. The minimum atomic E-state index is -0.444. The summed E-state index contributed by atoms with van der Waals surface area (Å²) in [5, 5.41) is 11.5. The minimum Gasteiger partial charge on any atom is -0.258 e. The highest BCUT2D eigenvalue weighted by atomic mass is 32.2. The van der Waals surface area contributed by atoms with E-state index in [0.717, 1.165) is 5.56 Å². The van der Waals surface area contributed by atoms with E-state index in [1.807, 2.05) is 6.92 Å². The van der Waals surface area contributed by atoms with Crippen LogP contribution in [0.2, 0.25) is 0 Å². The van der Waals surface area contributed by atoms with Crippen molar-refractivity contribution in [1.29, 1.82) is 0 Å². The van der Waals surface area contributed by atoms with Crippen molar-refractivity contribution in [2.45, 2.75) is 24.1 Å². The zero-order valence-electron chi connectivity index (χ0n) is 11.0. The first-order valence-corrected chi connectivity index (χ1v) is 6.88. The highest BCUT2D eigenvalue weighted by Crippen LogP contribution is 2.34. The van der Waals surface area contributed by atoms with E-state index in [1.54, 1.807) is 25.1 Å². The molecular formula is C14H13FN2O2S. The molecule has 1 aromatic heterocycles. The van der Waals surface area contributed by atoms with E-state index in [1.165, 1.54) is 30.1 Å². The number of halogens is 1. The Morgan fingerprint density at radius 2 is 2.00 bits per heavy atom. The Hall–Kier alpha value is -1.95. The van der Waals surface area contributed by atoms with Gasteiger partial charge < -0.3 is 0 Å². The molecule has 104 valence electrons. The van der Waals surface area contributed by atoms with Crippen LogP contribution in [0.3, 0.4) is 0 Å². The van der Waals surface area contributed by atoms with Gasteiger partial charge in [0.1, 0.15) is 12.0 Å². The number of pyridine rings is 1. The maximum atomic E-state index is 12.9. The highest BCUT2D eigenvalue weighted by molar-refractivity contribution is 7.99. The lowest BCUT2D eigenvalue weighted by molar-refractivity contribution is -0.385. The number of nitrogens with zero attached hydrogens (tertiary/aromatic N) is 2. The van der Waals surface area contributed by atoms with Gasteiger partial charge in [0.15, 0.2) is 0 Å². The average molecular weight is 292 g/mol. The van der Waals surface area contributed by atoms with Gasteiger partial charge in [0.2, 0.25) is 0 Å². The van der Waals surface area contributed by atoms with E-state index >= 15 is 0 Å². The topological polar surface area (TPSA) is 56.0 Å². The lowest BCUT2D eigenvalue weighted by Crippen LogP contribution is -1.95. The molecule has 0 spiro atoms. The molecule has 1 aromatic carbocycles. The van der Waals surface area contributed by atoms with Crippen LogP contribution in [-0.4, -0.2) is 9.91 Å². The van der Waals surface area contributed by atoms with Gasteiger partial charge in [-0.15, -0.1) is 0 Å². The van der Waals surface area contributed by atoms with Crippen molar-refractivity contribution in [2.24, 2.45) is 0 Å². The monoisotopic (exact) mass is 292 g/mol. The van der Waals surface area contributed by atoms with Crippen molar-refractivity contribution in [3.8, 4) is 0 Å². The summed E-state index contributed by atoms with van der Waals surface area (Å²) in [6, 6.07) is 7.99. The van der Waals surface area contributed by atoms with Crippen molar-refractivity contribution in [3.63, 3.8) is 0 Å². The van der Waals surface area contributed by atoms with E-state index < -0.39 is 4.92 Å². The molecule has 0 aliphatic heterocycles. The zero-order valence-corrected chi connectivity index (χ0v) is 11.9. The molecule has 2 aromatic rings. The maximum Gasteiger partial charge on any atom is 0.290 e. The fourth-order valence-corrected chi connectivity index (χ4v) is 2.78. The van der Waals surface area contributed by atoms with E-state index in [-0.39, 0.29) is 16.8 Å². The molecule has 20 heavy (non-hydrogen) atoms. The lowest BCUT2D eigenvalue weighted by Gasteiger charge is -2.11. The standard InChI is InChI=1S/C14H13FN2O2S/c1-9-7-14(16-8-13(9)17(18)19)20-10(2)11-3-5-12(15)6-4-11/h3-8,10H,1-2H3. The van der Waals surface area contributed by atoms with E-state index in [4.69, 9.17) is 0 Å². The largest absolute Gasteiger partial charge is 0.290 e. The van der Waals surface area contributed by atoms with Gasteiger partial charge in [-0.25, -0.2) is 9.37 Å². The third-order valence-electron chi connectivity index (χ3n) is 2.89. The predicted molar refractivity (Wildman–Crippen MR) is 76.3 cm³/mol. The number of aryl methyl sites for hydroxylation is 1. The fraction of sp³-hybridized carbons (Fsp3) is 0.214. The number of nitro groups is 1. The summed E-state index contributed by atoms with van der Waals surface area (Å²) in [5.41, 5.74) is 1.58. The molecule has 2 rings (SSSR count). The Kier molecular flexibility index (Phi) is 4.34. The molecule has 0 bridgehead atoms. The summed E-state index contributed by atoms with van der Waals surface area (Å²) >= 11 is 1.48. The van der Waals surface area contributed by atoms with Crippen LogP contribution >= 0.6 is 11.8 Å². The normalized spacial score (nSPS) is 12.2. The Morgan fingerprint density at radius 3 is 2.55 bits per heavy atom. The van der Waals surface area contributed by atoms with Crippen LogP contribution in [0.5, 0.6) is 0 Å². The second kappa shape index (κ2) is 6.00. The summed E-state index contributed by atoms with van der Waals surface area (Å²) in [6.07, 6.45) is 1.27. The van der Waals surface area contributed by atoms with Crippen LogP contribution in [0.25, 0.3) is 0 Å². The number of rotatable bonds is 4. The first kappa shape index (κ1) is 14.5. The SMILES string of the molecule is Cc1cc(SC(C)c2ccc(F)cc2)ncc1[N+](=O)[O-]. The molecule has 0 N–H and O–H groups in total. The van der Waals surface area contributed by atoms with Crippen molar-refractivity contribution >= 4 is 17.4 Å². The van der Waals surface area contributed by atoms with Gasteiger partial charge in [-0.1, -0.05) is 23.9 Å². The summed E-state index contributed by atoms with van der Waals surface area (Å²) in [7, 11) is 0. The Balaban J connectivity index is 2.15. The lowest BCUT2D eigenvalue weighted by atomic mass is 10.2. The average Bonchev–Trinajstić information content (AvgIpc) is 2.39. The first-order chi connectivity index (χ1) is 9.47. The van der Waals surface area contributed by atoms with E-state index in [0.29, 0.717) is 10.6 Å². The predicted octanol–water partition coefficient (Wildman–Crippen LogP) is 4.29. The number of benzene rings is 1. The van der Waals surface area contributed by atoms with Crippen molar-refractivity contribution in [2.75, 3.05) is 0 Å². The molecular weight excluding hydrogens is 279 g/mol. The van der Waals surface area contributed by atoms with Gasteiger partial charge >= 0.3 is 0 Å². The summed E-state index contributed by atoms with van der Waals surface area (Å²) in [6.45, 7) is 3.67. The zero-order chi connectivity index (χ0) is 14.7. The minimum absolute atomic E-state index is 0.0174. The molecule has 0 fully saturated rings. The third-order valence-corrected chi connectivity index (χ3v) is 3.98. The fourth-order valence-electron chi connectivity index (χ4n) is 1.76. The summed E-state index contributed by atoms with van der Waals surface area (Å²) in [4.78, 5) is 14.4. The van der Waals surface area contributed by atoms with Gasteiger partial charge in [0, 0.05) is 10.8 Å². The number of hydrogen-bond acceptors (Lipinski definition) is 4. The van der Waals surface area contributed by atoms with Gasteiger partial charge in [-0.3, -0.25) is 10.1 Å². The van der Waals surface area contributed by atoms with Crippen molar-refractivity contribution in [1.82, 2.24) is 4.98 Å². The van der Waals surface area contributed by atoms with Crippen LogP contribution in [0, 0.1) is 22.9 Å². The molecule has 0 saturated carbocycles. The van der Waals surface area contributed by atoms with Crippen LogP contribution < -0.4 is 0 Å². The molecule has 0 aliphatic carbocycles. The van der Waals surface area contributed by atoms with Crippen LogP contribution in [0.15, 0.2) is 41.6 Å². The molecule has 1 heterocycles. The number of hydrogen-bond donors (Lipinski definition) is 0. The van der Waals surface area contributed by atoms with Gasteiger partial charge in [0.05, 0.1) is 9.95 Å². The van der Waals surface area contributed by atoms with Gasteiger partial charge in [-0.05, 0) is 37.6 Å². The first-order valence-electron chi connectivity index (χ1n) is 6.00. The highest BCUT2D eigenvalue weighted by Gasteiger charge is 2.14. The van der Waals surface area contributed by atoms with Gasteiger partial charge in [-0.2, -0.15) is 0 Å². The van der Waals surface area contributed by atoms with Crippen molar-refractivity contribution in [3.05, 3.63) is 63.6 Å².